The third-order valence-electron chi connectivity index (χ3n) is 3.78. The van der Waals surface area contributed by atoms with Crippen LogP contribution in [0.15, 0.2) is 17.1 Å². The number of amides is 1. The largest absolute Gasteiger partial charge is 0.486 e. The highest BCUT2D eigenvalue weighted by atomic mass is 32.1. The summed E-state index contributed by atoms with van der Waals surface area (Å²) in [5, 5.41) is 0. The molecule has 0 unspecified atom stereocenters. The predicted octanol–water partition coefficient (Wildman–Crippen LogP) is 2.51. The van der Waals surface area contributed by atoms with Crippen molar-refractivity contribution in [2.45, 2.75) is 34.2 Å². The lowest BCUT2D eigenvalue weighted by molar-refractivity contribution is -0.143. The monoisotopic (exact) mass is 378 g/mol. The van der Waals surface area contributed by atoms with Crippen molar-refractivity contribution in [3.63, 3.8) is 0 Å². The Morgan fingerprint density at radius 2 is 1.88 bits per heavy atom. The maximum atomic E-state index is 12.4. The number of nitrogens with zero attached hydrogens (tertiary/aromatic N) is 2. The minimum Gasteiger partial charge on any atom is -0.486 e. The van der Waals surface area contributed by atoms with Crippen molar-refractivity contribution >= 4 is 33.4 Å². The van der Waals surface area contributed by atoms with Crippen molar-refractivity contribution in [1.29, 1.82) is 0 Å². The normalized spacial score (nSPS) is 14.5. The summed E-state index contributed by atoms with van der Waals surface area (Å²) in [5.74, 6) is 0.639. The second kappa shape index (κ2) is 7.11. The van der Waals surface area contributed by atoms with E-state index in [0.717, 1.165) is 10.2 Å². The standard InChI is InChI=1S/C18H22N2O5S/c1-5-23-15(21)10-20-11-8-12-13(25-7-6-24-12)9-14(11)26-17(20)19-16(22)18(2,3)4/h8-9H,5-7,10H2,1-4H3. The molecule has 0 saturated heterocycles. The number of esters is 1. The topological polar surface area (TPSA) is 79.1 Å². The van der Waals surface area contributed by atoms with Crippen LogP contribution in [-0.2, 0) is 20.9 Å². The van der Waals surface area contributed by atoms with Gasteiger partial charge in [-0.05, 0) is 6.92 Å². The molecule has 0 bridgehead atoms. The number of hydrogen-bond donors (Lipinski definition) is 0. The number of ether oxygens (including phenoxy) is 3. The van der Waals surface area contributed by atoms with Crippen LogP contribution >= 0.6 is 11.3 Å². The van der Waals surface area contributed by atoms with Crippen LogP contribution < -0.4 is 14.3 Å². The molecule has 1 aliphatic heterocycles. The Morgan fingerprint density at radius 1 is 1.23 bits per heavy atom. The average Bonchev–Trinajstić information content (AvgIpc) is 2.88. The molecule has 8 heteroatoms. The number of aromatic nitrogens is 1. The van der Waals surface area contributed by atoms with Crippen LogP contribution in [-0.4, -0.2) is 36.3 Å². The van der Waals surface area contributed by atoms with E-state index in [-0.39, 0.29) is 18.4 Å². The number of thiazole rings is 1. The Hall–Kier alpha value is -2.35. The second-order valence-electron chi connectivity index (χ2n) is 6.91. The Labute approximate surface area is 155 Å². The predicted molar refractivity (Wildman–Crippen MR) is 97.5 cm³/mol. The van der Waals surface area contributed by atoms with Crippen molar-refractivity contribution in [1.82, 2.24) is 4.57 Å². The van der Waals surface area contributed by atoms with E-state index in [1.807, 2.05) is 32.9 Å². The van der Waals surface area contributed by atoms with E-state index in [1.54, 1.807) is 11.5 Å². The second-order valence-corrected chi connectivity index (χ2v) is 7.92. The van der Waals surface area contributed by atoms with E-state index in [0.29, 0.717) is 36.1 Å². The molecule has 1 aliphatic rings. The Morgan fingerprint density at radius 3 is 2.50 bits per heavy atom. The van der Waals surface area contributed by atoms with E-state index in [2.05, 4.69) is 4.99 Å². The summed E-state index contributed by atoms with van der Waals surface area (Å²) in [5.41, 5.74) is 0.149. The van der Waals surface area contributed by atoms with Gasteiger partial charge in [0.1, 0.15) is 19.8 Å². The minimum absolute atomic E-state index is 0.0241. The lowest BCUT2D eigenvalue weighted by Gasteiger charge is -2.18. The summed E-state index contributed by atoms with van der Waals surface area (Å²) in [7, 11) is 0. The van der Waals surface area contributed by atoms with Gasteiger partial charge in [-0.3, -0.25) is 9.59 Å². The Kier molecular flexibility index (Phi) is 5.04. The summed E-state index contributed by atoms with van der Waals surface area (Å²) in [6.45, 7) is 8.41. The first-order chi connectivity index (χ1) is 12.3. The van der Waals surface area contributed by atoms with Crippen LogP contribution in [0.3, 0.4) is 0 Å². The van der Waals surface area contributed by atoms with Gasteiger partial charge in [0.15, 0.2) is 16.3 Å². The Bertz CT molecular complexity index is 920. The van der Waals surface area contributed by atoms with Gasteiger partial charge in [-0.1, -0.05) is 32.1 Å². The first kappa shape index (κ1) is 18.4. The fourth-order valence-electron chi connectivity index (χ4n) is 2.43. The summed E-state index contributed by atoms with van der Waals surface area (Å²) < 4.78 is 18.9. The molecular weight excluding hydrogens is 356 g/mol. The smallest absolute Gasteiger partial charge is 0.326 e. The van der Waals surface area contributed by atoms with Crippen molar-refractivity contribution in [3.8, 4) is 11.5 Å². The van der Waals surface area contributed by atoms with Crippen molar-refractivity contribution in [2.75, 3.05) is 19.8 Å². The van der Waals surface area contributed by atoms with E-state index < -0.39 is 5.41 Å². The zero-order chi connectivity index (χ0) is 18.9. The molecule has 0 saturated carbocycles. The van der Waals surface area contributed by atoms with Gasteiger partial charge in [0, 0.05) is 17.5 Å². The van der Waals surface area contributed by atoms with Gasteiger partial charge in [-0.15, -0.1) is 0 Å². The number of benzene rings is 1. The van der Waals surface area contributed by atoms with Gasteiger partial charge in [0.2, 0.25) is 0 Å². The zero-order valence-corrected chi connectivity index (χ0v) is 16.1. The third-order valence-corrected chi connectivity index (χ3v) is 4.82. The molecule has 0 radical (unpaired) electrons. The summed E-state index contributed by atoms with van der Waals surface area (Å²) in [4.78, 5) is 29.2. The number of carbonyl (C=O) groups excluding carboxylic acids is 2. The van der Waals surface area contributed by atoms with Gasteiger partial charge in [0.25, 0.3) is 5.91 Å². The third kappa shape index (κ3) is 3.75. The van der Waals surface area contributed by atoms with Gasteiger partial charge < -0.3 is 18.8 Å². The highest BCUT2D eigenvalue weighted by molar-refractivity contribution is 7.16. The molecule has 1 aromatic carbocycles. The molecule has 1 amide bonds. The van der Waals surface area contributed by atoms with Gasteiger partial charge in [-0.2, -0.15) is 4.99 Å². The van der Waals surface area contributed by atoms with E-state index in [1.165, 1.54) is 11.3 Å². The fourth-order valence-corrected chi connectivity index (χ4v) is 3.47. The summed E-state index contributed by atoms with van der Waals surface area (Å²) in [6, 6.07) is 3.68. The van der Waals surface area contributed by atoms with Crippen molar-refractivity contribution in [3.05, 3.63) is 16.9 Å². The van der Waals surface area contributed by atoms with E-state index in [9.17, 15) is 9.59 Å². The molecule has 0 spiro atoms. The number of hydrogen-bond acceptors (Lipinski definition) is 6. The van der Waals surface area contributed by atoms with Gasteiger partial charge >= 0.3 is 5.97 Å². The lowest BCUT2D eigenvalue weighted by atomic mass is 9.96. The van der Waals surface area contributed by atoms with Crippen LogP contribution in [0.4, 0.5) is 0 Å². The van der Waals surface area contributed by atoms with Crippen molar-refractivity contribution < 1.29 is 23.8 Å². The van der Waals surface area contributed by atoms with Gasteiger partial charge in [0.05, 0.1) is 16.8 Å². The molecule has 1 aromatic heterocycles. The van der Waals surface area contributed by atoms with Crippen LogP contribution in [0.5, 0.6) is 11.5 Å². The minimum atomic E-state index is -0.608. The molecule has 7 nitrogen and oxygen atoms in total. The summed E-state index contributed by atoms with van der Waals surface area (Å²) >= 11 is 1.33. The number of rotatable bonds is 3. The first-order valence-corrected chi connectivity index (χ1v) is 9.29. The molecule has 0 atom stereocenters. The SMILES string of the molecule is CCOC(=O)Cn1c(=NC(=O)C(C)(C)C)sc2cc3c(cc21)OCCO3. The molecule has 140 valence electrons. The van der Waals surface area contributed by atoms with Crippen LogP contribution in [0, 0.1) is 5.41 Å². The highest BCUT2D eigenvalue weighted by Crippen LogP contribution is 2.35. The average molecular weight is 378 g/mol. The molecule has 2 aromatic rings. The number of fused-ring (bicyclic) bond motifs is 2. The van der Waals surface area contributed by atoms with E-state index >= 15 is 0 Å². The van der Waals surface area contributed by atoms with Crippen LogP contribution in [0.25, 0.3) is 10.2 Å². The van der Waals surface area contributed by atoms with E-state index in [4.69, 9.17) is 14.2 Å². The van der Waals surface area contributed by atoms with Crippen molar-refractivity contribution in [2.24, 2.45) is 10.4 Å². The quantitative estimate of drug-likeness (QED) is 0.767. The fraction of sp³-hybridized carbons (Fsp3) is 0.500. The number of carbonyl (C=O) groups is 2. The molecule has 0 N–H and O–H groups in total. The molecular formula is C18H22N2O5S. The first-order valence-electron chi connectivity index (χ1n) is 8.47. The van der Waals surface area contributed by atoms with Crippen LogP contribution in [0.1, 0.15) is 27.7 Å². The molecule has 3 rings (SSSR count). The molecule has 0 fully saturated rings. The molecule has 0 aliphatic carbocycles. The summed E-state index contributed by atoms with van der Waals surface area (Å²) in [6.07, 6.45) is 0. The Balaban J connectivity index is 2.17. The van der Waals surface area contributed by atoms with Gasteiger partial charge in [-0.25, -0.2) is 0 Å². The maximum absolute atomic E-state index is 12.4. The van der Waals surface area contributed by atoms with Crippen LogP contribution in [0.2, 0.25) is 0 Å². The maximum Gasteiger partial charge on any atom is 0.326 e. The zero-order valence-electron chi connectivity index (χ0n) is 15.3. The lowest BCUT2D eigenvalue weighted by Crippen LogP contribution is -2.26. The molecule has 2 heterocycles. The molecule has 26 heavy (non-hydrogen) atoms. The highest BCUT2D eigenvalue weighted by Gasteiger charge is 2.22.